The van der Waals surface area contributed by atoms with Crippen LogP contribution in [-0.2, 0) is 11.3 Å². The van der Waals surface area contributed by atoms with Crippen molar-refractivity contribution >= 4 is 23.4 Å². The summed E-state index contributed by atoms with van der Waals surface area (Å²) in [5.41, 5.74) is 0.185. The molecule has 1 amide bonds. The predicted molar refractivity (Wildman–Crippen MR) is 121 cm³/mol. The fraction of sp³-hybridized carbons (Fsp3) is 0.348. The van der Waals surface area contributed by atoms with E-state index in [2.05, 4.69) is 20.4 Å². The molecule has 1 unspecified atom stereocenters. The third-order valence-electron chi connectivity index (χ3n) is 5.46. The van der Waals surface area contributed by atoms with Gasteiger partial charge in [-0.05, 0) is 69.3 Å². The zero-order chi connectivity index (χ0) is 23.4. The van der Waals surface area contributed by atoms with Gasteiger partial charge in [0, 0.05) is 5.69 Å². The minimum Gasteiger partial charge on any atom is -0.320 e. The molecule has 4 rings (SSSR count). The molecule has 0 spiro atoms. The van der Waals surface area contributed by atoms with Crippen LogP contribution in [0, 0.1) is 17.5 Å². The lowest BCUT2D eigenvalue weighted by Gasteiger charge is -2.26. The molecule has 1 fully saturated rings. The van der Waals surface area contributed by atoms with Gasteiger partial charge in [0.1, 0.15) is 23.1 Å². The van der Waals surface area contributed by atoms with Gasteiger partial charge in [0.2, 0.25) is 5.91 Å². The highest BCUT2D eigenvalue weighted by molar-refractivity contribution is 8.00. The maximum absolute atomic E-state index is 13.9. The number of thioether (sulfide) groups is 1. The van der Waals surface area contributed by atoms with E-state index < -0.39 is 28.5 Å². The quantitative estimate of drug-likeness (QED) is 0.498. The van der Waals surface area contributed by atoms with Crippen LogP contribution in [0.1, 0.15) is 32.0 Å². The van der Waals surface area contributed by atoms with Crippen molar-refractivity contribution in [3.8, 4) is 5.69 Å². The maximum atomic E-state index is 13.9. The number of carbonyl (C=O) groups is 1. The average Bonchev–Trinajstić information content (AvgIpc) is 3.19. The highest BCUT2D eigenvalue weighted by Gasteiger charge is 2.24. The first-order valence-electron chi connectivity index (χ1n) is 10.8. The van der Waals surface area contributed by atoms with E-state index in [-0.39, 0.29) is 5.82 Å². The highest BCUT2D eigenvalue weighted by atomic mass is 32.2. The molecule has 0 saturated carbocycles. The number of carbonyl (C=O) groups excluding carboxylic acids is 1. The number of hydrogen-bond acceptors (Lipinski definition) is 5. The molecule has 0 radical (unpaired) electrons. The summed E-state index contributed by atoms with van der Waals surface area (Å²) in [4.78, 5) is 14.9. The van der Waals surface area contributed by atoms with Gasteiger partial charge in [-0.3, -0.25) is 14.3 Å². The number of hydrogen-bond donors (Lipinski definition) is 1. The van der Waals surface area contributed by atoms with Crippen molar-refractivity contribution in [2.24, 2.45) is 0 Å². The van der Waals surface area contributed by atoms with Crippen LogP contribution in [-0.4, -0.2) is 43.9 Å². The number of rotatable bonds is 7. The molecule has 1 aromatic heterocycles. The highest BCUT2D eigenvalue weighted by Crippen LogP contribution is 2.28. The second-order valence-electron chi connectivity index (χ2n) is 7.89. The predicted octanol–water partition coefficient (Wildman–Crippen LogP) is 4.79. The smallest absolute Gasteiger partial charge is 0.237 e. The van der Waals surface area contributed by atoms with E-state index in [1.165, 1.54) is 24.6 Å². The Kier molecular flexibility index (Phi) is 7.34. The van der Waals surface area contributed by atoms with Gasteiger partial charge in [0.15, 0.2) is 11.0 Å². The molecule has 10 heteroatoms. The molecular formula is C23H24F3N5OS. The molecule has 1 aliphatic heterocycles. The lowest BCUT2D eigenvalue weighted by Crippen LogP contribution is -2.30. The molecule has 1 atom stereocenters. The molecule has 1 aliphatic rings. The van der Waals surface area contributed by atoms with Crippen molar-refractivity contribution in [1.29, 1.82) is 0 Å². The van der Waals surface area contributed by atoms with Gasteiger partial charge in [-0.1, -0.05) is 24.2 Å². The molecule has 3 aromatic rings. The largest absolute Gasteiger partial charge is 0.320 e. The van der Waals surface area contributed by atoms with Gasteiger partial charge in [0.25, 0.3) is 0 Å². The van der Waals surface area contributed by atoms with Crippen molar-refractivity contribution in [2.45, 2.75) is 43.1 Å². The molecule has 1 saturated heterocycles. The van der Waals surface area contributed by atoms with Crippen molar-refractivity contribution in [2.75, 3.05) is 18.4 Å². The van der Waals surface area contributed by atoms with Crippen molar-refractivity contribution in [3.63, 3.8) is 0 Å². The van der Waals surface area contributed by atoms with Gasteiger partial charge < -0.3 is 5.32 Å². The van der Waals surface area contributed by atoms with Crippen LogP contribution in [0.15, 0.2) is 47.6 Å². The number of piperidine rings is 1. The zero-order valence-corrected chi connectivity index (χ0v) is 18.9. The molecule has 174 valence electrons. The number of nitrogens with zero attached hydrogens (tertiary/aromatic N) is 4. The Morgan fingerprint density at radius 3 is 2.36 bits per heavy atom. The second-order valence-corrected chi connectivity index (χ2v) is 9.20. The fourth-order valence-corrected chi connectivity index (χ4v) is 4.59. The molecule has 0 aliphatic carbocycles. The minimum atomic E-state index is -0.848. The maximum Gasteiger partial charge on any atom is 0.237 e. The van der Waals surface area contributed by atoms with E-state index >= 15 is 0 Å². The molecule has 1 N–H and O–H groups in total. The first kappa shape index (κ1) is 23.3. The van der Waals surface area contributed by atoms with Crippen LogP contribution in [0.3, 0.4) is 0 Å². The summed E-state index contributed by atoms with van der Waals surface area (Å²) in [5.74, 6) is -1.95. The summed E-state index contributed by atoms with van der Waals surface area (Å²) in [6, 6.07) is 9.34. The fourth-order valence-electron chi connectivity index (χ4n) is 3.70. The second kappa shape index (κ2) is 10.4. The van der Waals surface area contributed by atoms with Crippen LogP contribution in [0.5, 0.6) is 0 Å². The van der Waals surface area contributed by atoms with Crippen molar-refractivity contribution in [1.82, 2.24) is 19.7 Å². The third-order valence-corrected chi connectivity index (χ3v) is 6.50. The van der Waals surface area contributed by atoms with Gasteiger partial charge >= 0.3 is 0 Å². The van der Waals surface area contributed by atoms with Crippen molar-refractivity contribution in [3.05, 3.63) is 65.7 Å². The van der Waals surface area contributed by atoms with Gasteiger partial charge in [-0.15, -0.1) is 10.2 Å². The molecule has 0 bridgehead atoms. The Balaban J connectivity index is 1.57. The number of benzene rings is 2. The first-order chi connectivity index (χ1) is 15.9. The average molecular weight is 476 g/mol. The number of para-hydroxylation sites is 1. The van der Waals surface area contributed by atoms with E-state index in [9.17, 15) is 18.0 Å². The van der Waals surface area contributed by atoms with E-state index in [1.807, 2.05) is 0 Å². The van der Waals surface area contributed by atoms with Gasteiger partial charge in [-0.25, -0.2) is 13.2 Å². The third kappa shape index (κ3) is 5.56. The van der Waals surface area contributed by atoms with Crippen LogP contribution >= 0.6 is 11.8 Å². The Hall–Kier alpha value is -2.85. The standard InChI is InChI=1S/C23H24F3N5OS/c1-15(22(32)27-21-18(25)6-5-7-19(21)26)33-23-29-28-20(14-30-12-3-2-4-13-30)31(23)17-10-8-16(24)9-11-17/h5-11,15H,2-4,12-14H2,1H3,(H,27,32). The summed E-state index contributed by atoms with van der Waals surface area (Å²) in [7, 11) is 0. The number of aromatic nitrogens is 3. The topological polar surface area (TPSA) is 63.1 Å². The molecule has 33 heavy (non-hydrogen) atoms. The summed E-state index contributed by atoms with van der Waals surface area (Å²) < 4.78 is 43.2. The van der Waals surface area contributed by atoms with Crippen LogP contribution in [0.4, 0.5) is 18.9 Å². The van der Waals surface area contributed by atoms with E-state index in [0.29, 0.717) is 23.2 Å². The molecule has 2 heterocycles. The van der Waals surface area contributed by atoms with Gasteiger partial charge in [0.05, 0.1) is 11.8 Å². The Morgan fingerprint density at radius 1 is 1.03 bits per heavy atom. The summed E-state index contributed by atoms with van der Waals surface area (Å²) in [6.45, 7) is 4.12. The van der Waals surface area contributed by atoms with Crippen LogP contribution in [0.25, 0.3) is 5.69 Å². The number of halogens is 3. The Bertz CT molecular complexity index is 1100. The number of nitrogens with one attached hydrogen (secondary N) is 1. The monoisotopic (exact) mass is 475 g/mol. The molecular weight excluding hydrogens is 451 g/mol. The first-order valence-corrected chi connectivity index (χ1v) is 11.6. The zero-order valence-electron chi connectivity index (χ0n) is 18.1. The Labute approximate surface area is 194 Å². The van der Waals surface area contributed by atoms with Crippen molar-refractivity contribution < 1.29 is 18.0 Å². The molecule has 2 aromatic carbocycles. The van der Waals surface area contributed by atoms with Gasteiger partial charge in [-0.2, -0.15) is 0 Å². The van der Waals surface area contributed by atoms with Crippen LogP contribution in [0.2, 0.25) is 0 Å². The summed E-state index contributed by atoms with van der Waals surface area (Å²) in [5, 5.41) is 10.6. The summed E-state index contributed by atoms with van der Waals surface area (Å²) in [6.07, 6.45) is 3.45. The summed E-state index contributed by atoms with van der Waals surface area (Å²) >= 11 is 1.11. The Morgan fingerprint density at radius 2 is 1.70 bits per heavy atom. The number of amides is 1. The SMILES string of the molecule is CC(Sc1nnc(CN2CCCCC2)n1-c1ccc(F)cc1)C(=O)Nc1c(F)cccc1F. The lowest BCUT2D eigenvalue weighted by molar-refractivity contribution is -0.115. The number of likely N-dealkylation sites (tertiary alicyclic amines) is 1. The van der Waals surface area contributed by atoms with E-state index in [4.69, 9.17) is 0 Å². The lowest BCUT2D eigenvalue weighted by atomic mass is 10.1. The molecule has 6 nitrogen and oxygen atoms in total. The van der Waals surface area contributed by atoms with Crippen LogP contribution < -0.4 is 5.32 Å². The van der Waals surface area contributed by atoms with E-state index in [0.717, 1.165) is 49.8 Å². The minimum absolute atomic E-state index is 0.363. The van der Waals surface area contributed by atoms with E-state index in [1.54, 1.807) is 23.6 Å². The normalized spacial score (nSPS) is 15.4. The number of anilines is 1.